The van der Waals surface area contributed by atoms with Gasteiger partial charge in [-0.25, -0.2) is 0 Å². The largest absolute Gasteiger partial charge is 0.394 e. The van der Waals surface area contributed by atoms with Gasteiger partial charge in [-0.1, -0.05) is 31.2 Å². The number of anilines is 3. The van der Waals surface area contributed by atoms with Crippen molar-refractivity contribution < 1.29 is 79.7 Å². The van der Waals surface area contributed by atoms with Gasteiger partial charge in [0.05, 0.1) is 24.9 Å². The summed E-state index contributed by atoms with van der Waals surface area (Å²) >= 11 is 0. The van der Waals surface area contributed by atoms with Gasteiger partial charge in [0, 0.05) is 35.8 Å². The molecule has 2 aromatic rings. The zero-order chi connectivity index (χ0) is 42.2. The van der Waals surface area contributed by atoms with Gasteiger partial charge in [-0.15, -0.1) is 0 Å². The van der Waals surface area contributed by atoms with Crippen molar-refractivity contribution in [3.8, 4) is 0 Å². The van der Waals surface area contributed by atoms with Gasteiger partial charge >= 0.3 is 0 Å². The molecule has 6 rings (SSSR count). The molecule has 3 saturated heterocycles. The zero-order valence-corrected chi connectivity index (χ0v) is 31.2. The molecular formula is C38H48N4O16. The Labute approximate surface area is 331 Å². The van der Waals surface area contributed by atoms with E-state index in [4.69, 9.17) is 9.47 Å². The van der Waals surface area contributed by atoms with Crippen LogP contribution in [-0.2, 0) is 40.8 Å². The molecule has 13 atom stereocenters. The Balaban J connectivity index is 1.25. The molecule has 0 aliphatic carbocycles. The molecule has 4 heterocycles. The number of benzene rings is 2. The van der Waals surface area contributed by atoms with Crippen LogP contribution in [0.4, 0.5) is 17.1 Å². The van der Waals surface area contributed by atoms with Gasteiger partial charge in [-0.2, -0.15) is 0 Å². The van der Waals surface area contributed by atoms with Crippen molar-refractivity contribution in [2.24, 2.45) is 5.92 Å². The van der Waals surface area contributed by atoms with E-state index < -0.39 is 90.7 Å². The normalized spacial score (nSPS) is 34.3. The highest BCUT2D eigenvalue weighted by atomic mass is 16.6. The zero-order valence-electron chi connectivity index (χ0n) is 31.2. The molecule has 0 radical (unpaired) electrons. The fraction of sp³-hybridized carbons (Fsp3) is 0.526. The quantitative estimate of drug-likeness (QED) is 0.0978. The summed E-state index contributed by atoms with van der Waals surface area (Å²) in [6, 6.07) is 9.97. The maximum Gasteiger partial charge on any atom is 0.264 e. The summed E-state index contributed by atoms with van der Waals surface area (Å²) in [6.45, 7) is 1.69. The maximum atomic E-state index is 14.4. The predicted octanol–water partition coefficient (Wildman–Crippen LogP) is -3.54. The first kappa shape index (κ1) is 43.2. The first-order valence-corrected chi connectivity index (χ1v) is 18.7. The molecule has 3 fully saturated rings. The number of amides is 4. The van der Waals surface area contributed by atoms with Crippen LogP contribution < -0.4 is 15.5 Å². The molecule has 20 heteroatoms. The first-order chi connectivity index (χ1) is 27.5. The Bertz CT molecular complexity index is 1900. The van der Waals surface area contributed by atoms with Gasteiger partial charge < -0.3 is 81.0 Å². The van der Waals surface area contributed by atoms with Crippen molar-refractivity contribution in [1.82, 2.24) is 4.90 Å². The van der Waals surface area contributed by atoms with Gasteiger partial charge in [0.25, 0.3) is 17.7 Å². The lowest BCUT2D eigenvalue weighted by Gasteiger charge is -2.37. The highest BCUT2D eigenvalue weighted by Gasteiger charge is 2.53. The van der Waals surface area contributed by atoms with E-state index in [1.807, 2.05) is 0 Å². The minimum Gasteiger partial charge on any atom is -0.394 e. The van der Waals surface area contributed by atoms with Crippen molar-refractivity contribution in [2.75, 3.05) is 28.7 Å². The first-order valence-electron chi connectivity index (χ1n) is 18.7. The van der Waals surface area contributed by atoms with Crippen molar-refractivity contribution in [2.45, 2.75) is 106 Å². The van der Waals surface area contributed by atoms with E-state index in [1.54, 1.807) is 24.0 Å². The van der Waals surface area contributed by atoms with Crippen LogP contribution in [0.2, 0.25) is 0 Å². The molecule has 58 heavy (non-hydrogen) atoms. The summed E-state index contributed by atoms with van der Waals surface area (Å²) in [4.78, 5) is 56.3. The molecule has 0 saturated carbocycles. The third-order valence-electron chi connectivity index (χ3n) is 11.0. The summed E-state index contributed by atoms with van der Waals surface area (Å²) < 4.78 is 10.0. The second-order valence-corrected chi connectivity index (χ2v) is 14.9. The molecule has 4 aliphatic heterocycles. The number of rotatable bonds is 11. The van der Waals surface area contributed by atoms with Crippen molar-refractivity contribution in [3.05, 3.63) is 65.7 Å². The smallest absolute Gasteiger partial charge is 0.264 e. The standard InChI is InChI=1S/C38H48N4O16/c1-17(5-2-9-24(44)41-12-4-8-21(41)16-43)38(56)22-14-20(40-34(52)32-28(48)26(46)30(50)36(54)58-32)10-11-23(22)42(37(38)55)15-18-6-3-7-19(13-18)39-33(51)31-27(47)25(45)29(49)35(53)57-31/h2-3,5-7,10-11,13-14,17,21,25-32,35-36,43,45-50,53-54,56H,4,8-9,12,15-16H2,1H3,(H,39,51)(H,40,52)/b5-2+/t17-,21+,25+,26+,27+,28+,29-,30-,31+,32+,35-,36-,38+/m1/s1. The van der Waals surface area contributed by atoms with Crippen LogP contribution in [0.25, 0.3) is 0 Å². The molecular weight excluding hydrogens is 768 g/mol. The van der Waals surface area contributed by atoms with Crippen molar-refractivity contribution in [1.29, 1.82) is 0 Å². The Morgan fingerprint density at radius 1 is 0.845 bits per heavy atom. The third kappa shape index (κ3) is 8.24. The van der Waals surface area contributed by atoms with E-state index in [2.05, 4.69) is 10.6 Å². The molecule has 0 bridgehead atoms. The lowest BCUT2D eigenvalue weighted by Crippen LogP contribution is -2.60. The fourth-order valence-electron chi connectivity index (χ4n) is 7.68. The van der Waals surface area contributed by atoms with Crippen molar-refractivity contribution >= 4 is 40.7 Å². The Morgan fingerprint density at radius 2 is 1.43 bits per heavy atom. The van der Waals surface area contributed by atoms with Crippen LogP contribution >= 0.6 is 0 Å². The number of ether oxygens (including phenoxy) is 2. The number of nitrogens with one attached hydrogen (secondary N) is 2. The number of carbonyl (C=O) groups is 4. The van der Waals surface area contributed by atoms with Gasteiger partial charge in [-0.05, 0) is 48.7 Å². The summed E-state index contributed by atoms with van der Waals surface area (Å²) in [5.41, 5.74) is -1.45. The number of nitrogens with zero attached hydrogens (tertiary/aromatic N) is 2. The topological polar surface area (TPSA) is 320 Å². The van der Waals surface area contributed by atoms with E-state index >= 15 is 0 Å². The van der Waals surface area contributed by atoms with Crippen LogP contribution in [-0.4, -0.2) is 160 Å². The highest BCUT2D eigenvalue weighted by molar-refractivity contribution is 6.08. The molecule has 0 aromatic heterocycles. The summed E-state index contributed by atoms with van der Waals surface area (Å²) in [7, 11) is 0. The summed E-state index contributed by atoms with van der Waals surface area (Å²) in [5.74, 6) is -4.00. The second kappa shape index (κ2) is 17.4. The number of fused-ring (bicyclic) bond motifs is 1. The number of hydrogen-bond acceptors (Lipinski definition) is 16. The average molecular weight is 817 g/mol. The van der Waals surface area contributed by atoms with Crippen molar-refractivity contribution in [3.63, 3.8) is 0 Å². The van der Waals surface area contributed by atoms with Gasteiger partial charge in [0.1, 0.15) is 36.6 Å². The number of aliphatic hydroxyl groups excluding tert-OH is 9. The minimum atomic E-state index is -2.29. The van der Waals surface area contributed by atoms with E-state index in [0.717, 1.165) is 6.42 Å². The molecule has 20 nitrogen and oxygen atoms in total. The monoisotopic (exact) mass is 816 g/mol. The van der Waals surface area contributed by atoms with E-state index in [-0.39, 0.29) is 54.1 Å². The molecule has 2 aromatic carbocycles. The number of likely N-dealkylation sites (tertiary alicyclic amines) is 1. The van der Waals surface area contributed by atoms with E-state index in [0.29, 0.717) is 18.5 Å². The summed E-state index contributed by atoms with van der Waals surface area (Å²) in [6.07, 6.45) is -14.4. The van der Waals surface area contributed by atoms with Crippen LogP contribution in [0.1, 0.15) is 37.3 Å². The van der Waals surface area contributed by atoms with E-state index in [1.165, 1.54) is 47.4 Å². The number of carbonyl (C=O) groups excluding carboxylic acids is 4. The van der Waals surface area contributed by atoms with Crippen LogP contribution in [0, 0.1) is 5.92 Å². The van der Waals surface area contributed by atoms with Gasteiger partial charge in [-0.3, -0.25) is 19.2 Å². The Morgan fingerprint density at radius 3 is 2.02 bits per heavy atom. The van der Waals surface area contributed by atoms with Crippen LogP contribution in [0.5, 0.6) is 0 Å². The third-order valence-corrected chi connectivity index (χ3v) is 11.0. The predicted molar refractivity (Wildman–Crippen MR) is 198 cm³/mol. The lowest BCUT2D eigenvalue weighted by molar-refractivity contribution is -0.274. The molecule has 4 aliphatic rings. The van der Waals surface area contributed by atoms with Crippen LogP contribution in [0.3, 0.4) is 0 Å². The SMILES string of the molecule is C[C@H](/C=C/CC(=O)N1CCC[C@H]1CO)[C@@]1(O)C(=O)N(Cc2cccc(NC(=O)[C@H]3O[C@@H](O)[C@H](O)[C@@H](O)[C@@H]3O)c2)c2ccc(NC(=O)[C@H]3O[C@@H](O)[C@H](O)[C@@H](O)[C@@H]3O)cc21. The molecule has 316 valence electrons. The second-order valence-electron chi connectivity index (χ2n) is 14.9. The molecule has 12 N–H and O–H groups in total. The highest BCUT2D eigenvalue weighted by Crippen LogP contribution is 2.47. The molecule has 0 unspecified atom stereocenters. The molecule has 0 spiro atoms. The Kier molecular flexibility index (Phi) is 13.0. The molecule has 4 amide bonds. The van der Waals surface area contributed by atoms with Gasteiger partial charge in [0.2, 0.25) is 5.91 Å². The Hall–Kier alpha value is -4.42. The van der Waals surface area contributed by atoms with Crippen LogP contribution in [0.15, 0.2) is 54.6 Å². The summed E-state index contributed by atoms with van der Waals surface area (Å²) in [5, 5.41) is 107. The number of aliphatic hydroxyl groups is 10. The van der Waals surface area contributed by atoms with E-state index in [9.17, 15) is 70.2 Å². The minimum absolute atomic E-state index is 0.0118. The maximum absolute atomic E-state index is 14.4. The lowest BCUT2D eigenvalue weighted by atomic mass is 9.82. The fourth-order valence-corrected chi connectivity index (χ4v) is 7.68. The van der Waals surface area contributed by atoms with Gasteiger partial charge in [0.15, 0.2) is 30.4 Å². The number of hydrogen-bond donors (Lipinski definition) is 12. The average Bonchev–Trinajstić information content (AvgIpc) is 3.77.